The highest BCUT2D eigenvalue weighted by Gasteiger charge is 2.48. The molecule has 1 aromatic carbocycles. The lowest BCUT2D eigenvalue weighted by atomic mass is 9.94. The predicted molar refractivity (Wildman–Crippen MR) is 177 cm³/mol. The van der Waals surface area contributed by atoms with Crippen LogP contribution < -0.4 is 14.4 Å². The van der Waals surface area contributed by atoms with E-state index in [0.29, 0.717) is 23.7 Å². The van der Waals surface area contributed by atoms with Crippen molar-refractivity contribution in [3.8, 4) is 22.8 Å². The Labute approximate surface area is 272 Å². The summed E-state index contributed by atoms with van der Waals surface area (Å²) in [6.45, 7) is 6.55. The second-order valence-corrected chi connectivity index (χ2v) is 13.8. The fourth-order valence-corrected chi connectivity index (χ4v) is 5.78. The molecule has 8 nitrogen and oxygen atoms in total. The van der Waals surface area contributed by atoms with Crippen LogP contribution in [0.2, 0.25) is 0 Å². The fraction of sp³-hybridized carbons (Fsp3) is 0.441. The normalized spacial score (nSPS) is 15.1. The zero-order valence-corrected chi connectivity index (χ0v) is 27.5. The maximum absolute atomic E-state index is 13.4. The van der Waals surface area contributed by atoms with Crippen molar-refractivity contribution in [1.82, 2.24) is 19.7 Å². The van der Waals surface area contributed by atoms with Crippen LogP contribution in [-0.2, 0) is 6.42 Å². The lowest BCUT2D eigenvalue weighted by Gasteiger charge is -2.30. The number of aliphatic hydroxyl groups is 1. The number of nitrogens with one attached hydrogen (secondary N) is 1. The summed E-state index contributed by atoms with van der Waals surface area (Å²) in [4.78, 5) is 12.0. The molecule has 3 aromatic heterocycles. The Balaban J connectivity index is 1.48. The van der Waals surface area contributed by atoms with Gasteiger partial charge in [-0.05, 0) is 76.8 Å². The Kier molecular flexibility index (Phi) is 10.2. The first-order valence-electron chi connectivity index (χ1n) is 15.5. The molecule has 0 amide bonds. The number of aromatic nitrogens is 4. The number of halogens is 3. The van der Waals surface area contributed by atoms with Crippen LogP contribution >= 0.6 is 11.9 Å². The van der Waals surface area contributed by atoms with Crippen molar-refractivity contribution in [2.75, 3.05) is 29.3 Å². The van der Waals surface area contributed by atoms with Gasteiger partial charge in [0.25, 0.3) is 0 Å². The van der Waals surface area contributed by atoms with E-state index in [1.807, 2.05) is 62.4 Å². The van der Waals surface area contributed by atoms with E-state index in [2.05, 4.69) is 20.8 Å². The second-order valence-electron chi connectivity index (χ2n) is 12.9. The quantitative estimate of drug-likeness (QED) is 0.202. The molecular weight excluding hydrogens is 613 g/mol. The van der Waals surface area contributed by atoms with Crippen LogP contribution in [0.5, 0.6) is 5.88 Å². The van der Waals surface area contributed by atoms with Gasteiger partial charge >= 0.3 is 6.18 Å². The van der Waals surface area contributed by atoms with Gasteiger partial charge in [0.2, 0.25) is 5.88 Å². The molecule has 5 rings (SSSR count). The van der Waals surface area contributed by atoms with Gasteiger partial charge in [-0.25, -0.2) is 14.6 Å². The summed E-state index contributed by atoms with van der Waals surface area (Å²) in [5, 5.41) is 15.8. The number of pyridine rings is 2. The molecule has 4 aromatic rings. The Morgan fingerprint density at radius 2 is 1.70 bits per heavy atom. The van der Waals surface area contributed by atoms with Gasteiger partial charge in [-0.3, -0.25) is 0 Å². The van der Waals surface area contributed by atoms with Gasteiger partial charge < -0.3 is 19.5 Å². The third-order valence-electron chi connectivity index (χ3n) is 7.80. The van der Waals surface area contributed by atoms with Gasteiger partial charge in [0.15, 0.2) is 0 Å². The molecule has 0 saturated carbocycles. The van der Waals surface area contributed by atoms with Gasteiger partial charge in [0.05, 0.1) is 22.4 Å². The fourth-order valence-electron chi connectivity index (χ4n) is 5.17. The molecule has 12 heteroatoms. The second kappa shape index (κ2) is 13.9. The predicted octanol–water partition coefficient (Wildman–Crippen LogP) is 8.11. The van der Waals surface area contributed by atoms with E-state index in [4.69, 9.17) is 14.7 Å². The van der Waals surface area contributed by atoms with Gasteiger partial charge in [-0.1, -0.05) is 43.2 Å². The first kappa shape index (κ1) is 33.6. The molecule has 1 aliphatic heterocycles. The van der Waals surface area contributed by atoms with Crippen LogP contribution in [0.1, 0.15) is 58.9 Å². The highest BCUT2D eigenvalue weighted by atomic mass is 32.2. The molecule has 0 atom stereocenters. The smallest absolute Gasteiger partial charge is 0.397 e. The van der Waals surface area contributed by atoms with Crippen molar-refractivity contribution in [3.63, 3.8) is 0 Å². The number of fused-ring (bicyclic) bond motifs is 6. The minimum absolute atomic E-state index is 0.101. The van der Waals surface area contributed by atoms with E-state index in [0.717, 1.165) is 74.5 Å². The molecule has 0 spiro atoms. The summed E-state index contributed by atoms with van der Waals surface area (Å²) in [6.07, 6.45) is 2.19. The average Bonchev–Trinajstić information content (AvgIpc) is 3.48. The molecule has 0 unspecified atom stereocenters. The minimum Gasteiger partial charge on any atom is -0.476 e. The first-order valence-corrected chi connectivity index (χ1v) is 16.3. The van der Waals surface area contributed by atoms with E-state index in [1.54, 1.807) is 16.9 Å². The van der Waals surface area contributed by atoms with Crippen LogP contribution in [0.3, 0.4) is 0 Å². The number of hydrogen-bond donors (Lipinski definition) is 2. The van der Waals surface area contributed by atoms with Crippen LogP contribution in [0.15, 0.2) is 71.9 Å². The number of aryl methyl sites for hydroxylation is 1. The Morgan fingerprint density at radius 1 is 0.913 bits per heavy atom. The van der Waals surface area contributed by atoms with Crippen LogP contribution in [-0.4, -0.2) is 56.3 Å². The lowest BCUT2D eigenvalue weighted by molar-refractivity contribution is -0.219. The number of ether oxygens (including phenoxy) is 1. The zero-order chi connectivity index (χ0) is 33.0. The number of β-amino-alcohol motifs (C(OH)–C–C–N with tert-alkyl or cyclic N) is 1. The molecule has 2 N–H and O–H groups in total. The SMILES string of the molecule is CC(C)(O)CN1CCCCCCc2ccccc2-c2nc(ccc2-n2ccc(OCC(C)(C)C(F)(F)F)n2)NSc2cccc1n2. The maximum atomic E-state index is 13.4. The van der Waals surface area contributed by atoms with Crippen LogP contribution in [0.25, 0.3) is 16.9 Å². The number of hydrogen-bond acceptors (Lipinski definition) is 8. The summed E-state index contributed by atoms with van der Waals surface area (Å²) in [6, 6.07) is 19.3. The number of nitrogens with zero attached hydrogens (tertiary/aromatic N) is 5. The first-order chi connectivity index (χ1) is 21.8. The van der Waals surface area contributed by atoms with Crippen molar-refractivity contribution in [2.45, 2.75) is 76.6 Å². The molecular formula is C34H41F3N6O2S. The van der Waals surface area contributed by atoms with E-state index in [-0.39, 0.29) is 5.88 Å². The average molecular weight is 655 g/mol. The van der Waals surface area contributed by atoms with Crippen molar-refractivity contribution in [2.24, 2.45) is 5.41 Å². The molecule has 246 valence electrons. The summed E-state index contributed by atoms with van der Waals surface area (Å²) in [5.74, 6) is 1.52. The molecule has 0 aliphatic carbocycles. The largest absolute Gasteiger partial charge is 0.476 e. The Bertz CT molecular complexity index is 1620. The lowest BCUT2D eigenvalue weighted by Crippen LogP contribution is -2.39. The Hall–Kier alpha value is -3.77. The molecule has 4 heterocycles. The van der Waals surface area contributed by atoms with Gasteiger partial charge in [0.1, 0.15) is 23.3 Å². The number of benzene rings is 1. The standard InChI is InChI=1S/C34H41F3N6O2S/c1-32(2,34(35,36)37)23-45-29-19-21-43(40-29)26-17-18-27-38-31(26)25-14-9-8-13-24(25)12-7-5-6-10-20-42(22-33(3,4)44)28-15-11-16-30(39-28)46-41-27/h8-9,11,13-19,21,44H,5-7,10,12,20,22-23H2,1-4H3,(H,38,41). The van der Waals surface area contributed by atoms with E-state index >= 15 is 0 Å². The topological polar surface area (TPSA) is 88.3 Å². The van der Waals surface area contributed by atoms with Crippen molar-refractivity contribution in [1.29, 1.82) is 0 Å². The zero-order valence-electron chi connectivity index (χ0n) is 26.6. The molecule has 0 saturated heterocycles. The number of alkyl halides is 3. The molecule has 1 aliphatic rings. The Morgan fingerprint density at radius 3 is 2.48 bits per heavy atom. The highest BCUT2D eigenvalue weighted by molar-refractivity contribution is 8.00. The van der Waals surface area contributed by atoms with E-state index < -0.39 is 23.8 Å². The van der Waals surface area contributed by atoms with Crippen LogP contribution in [0, 0.1) is 5.41 Å². The van der Waals surface area contributed by atoms with Gasteiger partial charge in [0, 0.05) is 42.9 Å². The summed E-state index contributed by atoms with van der Waals surface area (Å²) in [7, 11) is 0. The van der Waals surface area contributed by atoms with Crippen LogP contribution in [0.4, 0.5) is 24.8 Å². The van der Waals surface area contributed by atoms with Crippen molar-refractivity contribution < 1.29 is 23.0 Å². The third kappa shape index (κ3) is 8.52. The molecule has 0 radical (unpaired) electrons. The van der Waals surface area contributed by atoms with Crippen molar-refractivity contribution >= 4 is 23.6 Å². The van der Waals surface area contributed by atoms with E-state index in [1.165, 1.54) is 11.9 Å². The number of rotatable bonds is 6. The monoisotopic (exact) mass is 654 g/mol. The molecule has 46 heavy (non-hydrogen) atoms. The van der Waals surface area contributed by atoms with Gasteiger partial charge in [-0.2, -0.15) is 13.2 Å². The highest BCUT2D eigenvalue weighted by Crippen LogP contribution is 2.38. The van der Waals surface area contributed by atoms with Crippen molar-refractivity contribution in [3.05, 3.63) is 72.4 Å². The third-order valence-corrected chi connectivity index (χ3v) is 8.55. The summed E-state index contributed by atoms with van der Waals surface area (Å²) in [5.41, 5.74) is 0.590. The molecule has 4 bridgehead atoms. The summed E-state index contributed by atoms with van der Waals surface area (Å²) >= 11 is 1.34. The maximum Gasteiger partial charge on any atom is 0.397 e. The summed E-state index contributed by atoms with van der Waals surface area (Å²) < 4.78 is 50.6. The number of anilines is 2. The van der Waals surface area contributed by atoms with E-state index in [9.17, 15) is 18.3 Å². The van der Waals surface area contributed by atoms with Gasteiger partial charge in [-0.15, -0.1) is 5.10 Å². The molecule has 0 fully saturated rings. The minimum atomic E-state index is -4.40.